The number of nitrogens with zero attached hydrogens (tertiary/aromatic N) is 2. The number of anilines is 1. The second kappa shape index (κ2) is 5.62. The van der Waals surface area contributed by atoms with Gasteiger partial charge < -0.3 is 5.32 Å². The van der Waals surface area contributed by atoms with Gasteiger partial charge in [0, 0.05) is 23.1 Å². The molecule has 1 aliphatic carbocycles. The minimum absolute atomic E-state index is 0.0397. The van der Waals surface area contributed by atoms with E-state index in [1.54, 1.807) is 12.1 Å². The first-order valence-corrected chi connectivity index (χ1v) is 7.49. The number of Topliss-reactive ketones (excluding diaryl/α,β-unsaturated/α-hetero) is 2. The van der Waals surface area contributed by atoms with E-state index in [-0.39, 0.29) is 27.4 Å². The maximum atomic E-state index is 12.5. The maximum Gasteiger partial charge on any atom is 0.231 e. The van der Waals surface area contributed by atoms with E-state index in [2.05, 4.69) is 31.2 Å². The number of hydrogen-bond donors (Lipinski definition) is 1. The number of benzene rings is 1. The molecule has 1 N–H and O–H groups in total. The summed E-state index contributed by atoms with van der Waals surface area (Å²) in [5.74, 6) is -0.779. The van der Waals surface area contributed by atoms with Gasteiger partial charge in [-0.25, -0.2) is 9.97 Å². The van der Waals surface area contributed by atoms with E-state index in [1.807, 2.05) is 13.0 Å². The van der Waals surface area contributed by atoms with Crippen molar-refractivity contribution in [1.29, 1.82) is 0 Å². The Kier molecular flexibility index (Phi) is 3.80. The van der Waals surface area contributed by atoms with Crippen molar-refractivity contribution in [2.24, 2.45) is 0 Å². The van der Waals surface area contributed by atoms with E-state index in [1.165, 1.54) is 12.4 Å². The van der Waals surface area contributed by atoms with Crippen LogP contribution in [0.2, 0.25) is 5.02 Å². The number of allylic oxidation sites excluding steroid dienone is 2. The van der Waals surface area contributed by atoms with Crippen LogP contribution < -0.4 is 5.32 Å². The number of halogens is 2. The lowest BCUT2D eigenvalue weighted by Gasteiger charge is -2.18. The third-order valence-corrected chi connectivity index (χ3v) is 4.23. The van der Waals surface area contributed by atoms with Crippen LogP contribution in [0.4, 0.5) is 5.69 Å². The van der Waals surface area contributed by atoms with Gasteiger partial charge in [-0.2, -0.15) is 0 Å². The lowest BCUT2D eigenvalue weighted by atomic mass is 10.0. The summed E-state index contributed by atoms with van der Waals surface area (Å²) in [6, 6.07) is 5.26. The molecule has 0 amide bonds. The van der Waals surface area contributed by atoms with Gasteiger partial charge in [-0.3, -0.25) is 9.59 Å². The molecule has 3 rings (SSSR count). The van der Waals surface area contributed by atoms with Gasteiger partial charge in [-0.05, 0) is 40.5 Å². The van der Waals surface area contributed by atoms with Gasteiger partial charge in [0.25, 0.3) is 0 Å². The van der Waals surface area contributed by atoms with Crippen LogP contribution in [0.5, 0.6) is 0 Å². The summed E-state index contributed by atoms with van der Waals surface area (Å²) < 4.78 is 0.130. The number of rotatable bonds is 2. The Morgan fingerprint density at radius 3 is 2.41 bits per heavy atom. The summed E-state index contributed by atoms with van der Waals surface area (Å²) in [6.07, 6.45) is 2.76. The summed E-state index contributed by atoms with van der Waals surface area (Å²) in [5, 5.41) is 3.50. The second-order valence-electron chi connectivity index (χ2n) is 4.69. The Balaban J connectivity index is 2.07. The first kappa shape index (κ1) is 14.9. The molecule has 0 bridgehead atoms. The van der Waals surface area contributed by atoms with Crippen LogP contribution >= 0.6 is 27.5 Å². The molecule has 0 fully saturated rings. The van der Waals surface area contributed by atoms with Crippen molar-refractivity contribution in [1.82, 2.24) is 9.97 Å². The van der Waals surface area contributed by atoms with E-state index in [4.69, 9.17) is 11.6 Å². The lowest BCUT2D eigenvalue weighted by Crippen LogP contribution is -2.26. The monoisotopic (exact) mass is 377 g/mol. The van der Waals surface area contributed by atoms with Crippen LogP contribution in [0.25, 0.3) is 0 Å². The Labute approximate surface area is 139 Å². The molecule has 1 aromatic carbocycles. The largest absolute Gasteiger partial charge is 0.351 e. The van der Waals surface area contributed by atoms with Crippen LogP contribution in [-0.2, 0) is 0 Å². The topological polar surface area (TPSA) is 72.0 Å². The molecule has 1 aromatic heterocycles. The Hall–Kier alpha value is -2.05. The van der Waals surface area contributed by atoms with E-state index < -0.39 is 5.78 Å². The third-order valence-electron chi connectivity index (χ3n) is 3.23. The summed E-state index contributed by atoms with van der Waals surface area (Å²) in [5.41, 5.74) is 1.75. The molecule has 7 heteroatoms. The van der Waals surface area contributed by atoms with Gasteiger partial charge >= 0.3 is 0 Å². The number of carbonyl (C=O) groups is 2. The zero-order valence-electron chi connectivity index (χ0n) is 11.4. The van der Waals surface area contributed by atoms with Crippen LogP contribution in [0.3, 0.4) is 0 Å². The van der Waals surface area contributed by atoms with Crippen LogP contribution in [0.15, 0.2) is 40.8 Å². The quantitative estimate of drug-likeness (QED) is 0.865. The van der Waals surface area contributed by atoms with E-state index in [0.29, 0.717) is 10.7 Å². The number of carbonyl (C=O) groups excluding carboxylic acids is 2. The predicted octanol–water partition coefficient (Wildman–Crippen LogP) is 3.54. The first-order chi connectivity index (χ1) is 10.5. The fourth-order valence-corrected chi connectivity index (χ4v) is 2.72. The number of ketones is 2. The number of nitrogens with one attached hydrogen (secondary N) is 1. The number of aromatic nitrogens is 2. The predicted molar refractivity (Wildman–Crippen MR) is 86.5 cm³/mol. The van der Waals surface area contributed by atoms with Crippen molar-refractivity contribution >= 4 is 44.8 Å². The summed E-state index contributed by atoms with van der Waals surface area (Å²) in [7, 11) is 0. The van der Waals surface area contributed by atoms with Crippen molar-refractivity contribution in [3.05, 3.63) is 62.7 Å². The molecule has 0 atom stereocenters. The molecule has 0 unspecified atom stereocenters. The number of fused-ring (bicyclic) bond motifs is 1. The van der Waals surface area contributed by atoms with E-state index in [9.17, 15) is 9.59 Å². The molecule has 110 valence electrons. The summed E-state index contributed by atoms with van der Waals surface area (Å²) in [6.45, 7) is 1.87. The van der Waals surface area contributed by atoms with Crippen molar-refractivity contribution in [3.8, 4) is 0 Å². The highest BCUT2D eigenvalue weighted by Gasteiger charge is 2.33. The van der Waals surface area contributed by atoms with E-state index in [0.717, 1.165) is 5.56 Å². The lowest BCUT2D eigenvalue weighted by molar-refractivity contribution is 0.0975. The molecule has 0 aliphatic heterocycles. The maximum absolute atomic E-state index is 12.5. The van der Waals surface area contributed by atoms with Crippen molar-refractivity contribution in [2.75, 3.05) is 5.32 Å². The highest BCUT2D eigenvalue weighted by Crippen LogP contribution is 2.30. The Bertz CT molecular complexity index is 848. The molecule has 2 aromatic rings. The standard InChI is InChI=1S/C15H9BrClN3O2/c1-7-2-3-8(17)6-9(7)20-11-10(16)14(21)12-13(15(11)22)19-5-4-18-12/h2-6,20H,1H3. The molecular formula is C15H9BrClN3O2. The minimum atomic E-state index is -0.394. The summed E-state index contributed by atoms with van der Waals surface area (Å²) in [4.78, 5) is 32.7. The van der Waals surface area contributed by atoms with Gasteiger partial charge in [0.15, 0.2) is 0 Å². The highest BCUT2D eigenvalue weighted by molar-refractivity contribution is 9.12. The Morgan fingerprint density at radius 1 is 1.09 bits per heavy atom. The van der Waals surface area contributed by atoms with Crippen molar-refractivity contribution in [2.45, 2.75) is 6.92 Å². The smallest absolute Gasteiger partial charge is 0.231 e. The molecule has 0 spiro atoms. The average molecular weight is 379 g/mol. The fourth-order valence-electron chi connectivity index (χ4n) is 2.08. The highest BCUT2D eigenvalue weighted by atomic mass is 79.9. The van der Waals surface area contributed by atoms with Gasteiger partial charge in [-0.1, -0.05) is 17.7 Å². The molecule has 22 heavy (non-hydrogen) atoms. The second-order valence-corrected chi connectivity index (χ2v) is 5.91. The number of aryl methyl sites for hydroxylation is 1. The molecule has 5 nitrogen and oxygen atoms in total. The molecule has 0 saturated carbocycles. The van der Waals surface area contributed by atoms with Crippen LogP contribution in [0, 0.1) is 6.92 Å². The zero-order chi connectivity index (χ0) is 15.9. The number of hydrogen-bond acceptors (Lipinski definition) is 5. The van der Waals surface area contributed by atoms with Gasteiger partial charge in [0.05, 0.1) is 4.48 Å². The van der Waals surface area contributed by atoms with Gasteiger partial charge in [-0.15, -0.1) is 0 Å². The Morgan fingerprint density at radius 2 is 1.73 bits per heavy atom. The SMILES string of the molecule is Cc1ccc(Cl)cc1NC1=C(Br)C(=O)c2nccnc2C1=O. The third kappa shape index (κ3) is 2.44. The minimum Gasteiger partial charge on any atom is -0.351 e. The molecule has 1 aliphatic rings. The average Bonchev–Trinajstić information content (AvgIpc) is 2.52. The molecule has 0 radical (unpaired) electrons. The zero-order valence-corrected chi connectivity index (χ0v) is 13.7. The summed E-state index contributed by atoms with van der Waals surface area (Å²) >= 11 is 9.15. The van der Waals surface area contributed by atoms with Crippen molar-refractivity contribution < 1.29 is 9.59 Å². The first-order valence-electron chi connectivity index (χ1n) is 6.32. The molecule has 0 saturated heterocycles. The normalized spacial score (nSPS) is 14.1. The van der Waals surface area contributed by atoms with E-state index >= 15 is 0 Å². The van der Waals surface area contributed by atoms with Crippen molar-refractivity contribution in [3.63, 3.8) is 0 Å². The molecule has 1 heterocycles. The van der Waals surface area contributed by atoms with Gasteiger partial charge in [0.1, 0.15) is 17.1 Å². The van der Waals surface area contributed by atoms with Crippen LogP contribution in [0.1, 0.15) is 26.5 Å². The molecular weight excluding hydrogens is 370 g/mol. The fraction of sp³-hybridized carbons (Fsp3) is 0.0667. The van der Waals surface area contributed by atoms with Crippen LogP contribution in [-0.4, -0.2) is 21.5 Å². The van der Waals surface area contributed by atoms with Gasteiger partial charge in [0.2, 0.25) is 11.6 Å².